The van der Waals surface area contributed by atoms with Gasteiger partial charge in [0.05, 0.1) is 34.1 Å². The van der Waals surface area contributed by atoms with E-state index in [1.807, 2.05) is 6.92 Å². The normalized spacial score (nSPS) is 29.8. The molecule has 0 heterocycles. The van der Waals surface area contributed by atoms with Crippen LogP contribution in [-0.2, 0) is 19.2 Å². The third-order valence-electron chi connectivity index (χ3n) is 8.21. The van der Waals surface area contributed by atoms with Gasteiger partial charge in [-0.25, -0.2) is 0 Å². The lowest BCUT2D eigenvalue weighted by molar-refractivity contribution is -0.169. The number of aliphatic hydroxyl groups is 4. The number of carbonyl (C=O) groups excluding carboxylic acids is 4. The number of nitrogens with one attached hydrogen (secondary N) is 1. The number of rotatable bonds is 6. The minimum absolute atomic E-state index is 0. The van der Waals surface area contributed by atoms with Gasteiger partial charge in [0.25, 0.3) is 5.91 Å². The number of likely N-dealkylation sites (N-methyl/N-ethyl adjacent to an activating group) is 1. The van der Waals surface area contributed by atoms with Crippen molar-refractivity contribution in [1.82, 2.24) is 4.90 Å². The molecule has 5 unspecified atom stereocenters. The summed E-state index contributed by atoms with van der Waals surface area (Å²) in [6.45, 7) is 3.53. The summed E-state index contributed by atoms with van der Waals surface area (Å²) in [4.78, 5) is 52.6. The maximum Gasteiger partial charge on any atom is 0.255 e. The number of phenols is 1. The van der Waals surface area contributed by atoms with Gasteiger partial charge in [-0.1, -0.05) is 42.3 Å². The molecular formula is C27H33Br2N3O9. The lowest BCUT2D eigenvalue weighted by atomic mass is 9.54. The van der Waals surface area contributed by atoms with Gasteiger partial charge in [-0.3, -0.25) is 24.1 Å². The molecule has 2 amide bonds. The number of alkyl halides is 1. The monoisotopic (exact) mass is 701 g/mol. The fraction of sp³-hybridized carbons (Fsp3) is 0.481. The highest BCUT2D eigenvalue weighted by molar-refractivity contribution is 9.10. The molecule has 1 aromatic carbocycles. The van der Waals surface area contributed by atoms with Crippen molar-refractivity contribution in [1.29, 1.82) is 0 Å². The number of primary amides is 1. The Morgan fingerprint density at radius 1 is 1.20 bits per heavy atom. The lowest BCUT2D eigenvalue weighted by Gasteiger charge is -2.53. The summed E-state index contributed by atoms with van der Waals surface area (Å²) in [5.74, 6) is -10.2. The minimum Gasteiger partial charge on any atom is -0.508 e. The van der Waals surface area contributed by atoms with Crippen molar-refractivity contribution in [3.63, 3.8) is 0 Å². The number of hydrogen-bond acceptors (Lipinski definition) is 10. The molecule has 1 aromatic rings. The highest BCUT2D eigenvalue weighted by atomic mass is 79.9. The highest BCUT2D eigenvalue weighted by Gasteiger charge is 2.68. The van der Waals surface area contributed by atoms with E-state index in [1.165, 1.54) is 31.1 Å². The number of carbonyl (C=O) groups is 4. The van der Waals surface area contributed by atoms with Gasteiger partial charge in [-0.15, -0.1) is 17.0 Å². The molecule has 0 aliphatic heterocycles. The molecular weight excluding hydrogens is 670 g/mol. The Balaban J connectivity index is 0.00000462. The Bertz CT molecular complexity index is 1390. The van der Waals surface area contributed by atoms with Crippen LogP contribution in [0.15, 0.2) is 29.0 Å². The largest absolute Gasteiger partial charge is 0.508 e. The number of ketones is 2. The maximum absolute atomic E-state index is 14.0. The molecule has 41 heavy (non-hydrogen) atoms. The van der Waals surface area contributed by atoms with Crippen LogP contribution in [0.1, 0.15) is 43.7 Å². The standard InChI is InChI=1S/C27H32BrN3O9.BrH/c1-5-6-11(28)26(39)30-12-8-7-10-9(2)13-15(20(33)14(10)19(12)32)23(36)27(40)17(21(13)34)18(31(3)4)22(35)16(24(27)37)25(29)38;/h7-9,11,13,17-18,21,32-34,37,40H,5-6H2,1-4H3,(H2,29,38)(H,30,39);1H/t9?,11?,13?,17?,18-,21?,27-;/m0./s1. The van der Waals surface area contributed by atoms with Crippen molar-refractivity contribution < 1.29 is 44.7 Å². The molecule has 224 valence electrons. The molecule has 0 radical (unpaired) electrons. The molecule has 3 aliphatic rings. The smallest absolute Gasteiger partial charge is 0.255 e. The Kier molecular flexibility index (Phi) is 9.16. The van der Waals surface area contributed by atoms with E-state index < -0.39 is 92.1 Å². The van der Waals surface area contributed by atoms with E-state index in [1.54, 1.807) is 6.92 Å². The van der Waals surface area contributed by atoms with Gasteiger partial charge in [0.2, 0.25) is 11.7 Å². The van der Waals surface area contributed by atoms with Gasteiger partial charge < -0.3 is 36.6 Å². The number of halogens is 2. The topological polar surface area (TPSA) is 211 Å². The van der Waals surface area contributed by atoms with Crippen LogP contribution in [0.4, 0.5) is 5.69 Å². The summed E-state index contributed by atoms with van der Waals surface area (Å²) in [5.41, 5.74) is 0.937. The third-order valence-corrected chi connectivity index (χ3v) is 9.09. The molecule has 12 nitrogen and oxygen atoms in total. The fourth-order valence-electron chi connectivity index (χ4n) is 6.31. The predicted molar refractivity (Wildman–Crippen MR) is 157 cm³/mol. The van der Waals surface area contributed by atoms with E-state index in [4.69, 9.17) is 5.73 Å². The van der Waals surface area contributed by atoms with Gasteiger partial charge in [0, 0.05) is 11.5 Å². The zero-order chi connectivity index (χ0) is 30.0. The second-order valence-electron chi connectivity index (χ2n) is 10.7. The van der Waals surface area contributed by atoms with E-state index >= 15 is 0 Å². The van der Waals surface area contributed by atoms with Gasteiger partial charge in [-0.2, -0.15) is 0 Å². The number of fused-ring (bicyclic) bond motifs is 3. The van der Waals surface area contributed by atoms with Crippen molar-refractivity contribution in [3.05, 3.63) is 40.2 Å². The van der Waals surface area contributed by atoms with Gasteiger partial charge in [0.1, 0.15) is 22.8 Å². The summed E-state index contributed by atoms with van der Waals surface area (Å²) < 4.78 is 0. The average molecular weight is 703 g/mol. The molecule has 0 bridgehead atoms. The second-order valence-corrected chi connectivity index (χ2v) is 11.8. The molecule has 0 spiro atoms. The van der Waals surface area contributed by atoms with Crippen molar-refractivity contribution in [2.75, 3.05) is 19.4 Å². The average Bonchev–Trinajstić information content (AvgIpc) is 2.87. The van der Waals surface area contributed by atoms with Crippen LogP contribution < -0.4 is 11.1 Å². The number of phenolic OH excluding ortho intramolecular Hbond substituents is 1. The van der Waals surface area contributed by atoms with Crippen LogP contribution in [-0.4, -0.2) is 90.5 Å². The zero-order valence-electron chi connectivity index (χ0n) is 22.7. The number of benzene rings is 1. The Labute approximate surface area is 254 Å². The van der Waals surface area contributed by atoms with Gasteiger partial charge >= 0.3 is 0 Å². The first-order chi connectivity index (χ1) is 18.6. The van der Waals surface area contributed by atoms with E-state index in [0.717, 1.165) is 6.42 Å². The Morgan fingerprint density at radius 2 is 1.80 bits per heavy atom. The molecule has 1 saturated carbocycles. The predicted octanol–water partition coefficient (Wildman–Crippen LogP) is 1.58. The molecule has 0 saturated heterocycles. The number of anilines is 1. The molecule has 7 atom stereocenters. The summed E-state index contributed by atoms with van der Waals surface area (Å²) in [6.07, 6.45) is -0.433. The highest BCUT2D eigenvalue weighted by Crippen LogP contribution is 2.56. The summed E-state index contributed by atoms with van der Waals surface area (Å²) in [5, 5.41) is 59.3. The number of amides is 2. The molecule has 1 fully saturated rings. The quantitative estimate of drug-likeness (QED) is 0.129. The van der Waals surface area contributed by atoms with Gasteiger partial charge in [0.15, 0.2) is 11.4 Å². The van der Waals surface area contributed by atoms with Crippen molar-refractivity contribution in [2.45, 2.75) is 55.2 Å². The SMILES string of the molecule is Br.CCCC(Br)C(=O)Nc1ccc2c(c1O)C(O)=C1C(=O)[C@]3(O)C(O)=C(C(N)=O)C(=O)[C@@H](N(C)C)C3C(O)C1C2C. The summed E-state index contributed by atoms with van der Waals surface area (Å²) in [6, 6.07) is 1.54. The van der Waals surface area contributed by atoms with Crippen LogP contribution in [0.25, 0.3) is 5.76 Å². The number of hydrogen-bond donors (Lipinski definition) is 7. The molecule has 3 aliphatic carbocycles. The minimum atomic E-state index is -2.99. The molecule has 8 N–H and O–H groups in total. The van der Waals surface area contributed by atoms with E-state index in [-0.39, 0.29) is 28.2 Å². The molecule has 0 aromatic heterocycles. The zero-order valence-corrected chi connectivity index (χ0v) is 26.0. The number of nitrogens with two attached hydrogens (primary N) is 1. The Morgan fingerprint density at radius 3 is 2.34 bits per heavy atom. The van der Waals surface area contributed by atoms with Crippen LogP contribution in [0.5, 0.6) is 5.75 Å². The Hall–Kier alpha value is -2.78. The first-order valence-electron chi connectivity index (χ1n) is 12.8. The fourth-order valence-corrected chi connectivity index (χ4v) is 6.89. The van der Waals surface area contributed by atoms with Crippen LogP contribution >= 0.6 is 32.9 Å². The van der Waals surface area contributed by atoms with Crippen molar-refractivity contribution in [3.8, 4) is 5.75 Å². The van der Waals surface area contributed by atoms with Crippen LogP contribution in [0.3, 0.4) is 0 Å². The van der Waals surface area contributed by atoms with E-state index in [0.29, 0.717) is 12.0 Å². The number of Topliss-reactive ketones (excluding diaryl/α,β-unsaturated/α-hetero) is 2. The van der Waals surface area contributed by atoms with Crippen molar-refractivity contribution in [2.24, 2.45) is 17.6 Å². The van der Waals surface area contributed by atoms with Crippen LogP contribution in [0.2, 0.25) is 0 Å². The second kappa shape index (κ2) is 11.5. The number of aromatic hydroxyl groups is 1. The molecule has 14 heteroatoms. The van der Waals surface area contributed by atoms with Crippen LogP contribution in [0, 0.1) is 11.8 Å². The number of nitrogens with zero attached hydrogens (tertiary/aromatic N) is 1. The first kappa shape index (κ1) is 32.7. The summed E-state index contributed by atoms with van der Waals surface area (Å²) in [7, 11) is 2.88. The first-order valence-corrected chi connectivity index (χ1v) is 13.7. The van der Waals surface area contributed by atoms with E-state index in [9.17, 15) is 44.7 Å². The van der Waals surface area contributed by atoms with Crippen molar-refractivity contribution >= 4 is 67.7 Å². The third kappa shape index (κ3) is 4.69. The van der Waals surface area contributed by atoms with E-state index in [2.05, 4.69) is 21.2 Å². The number of aliphatic hydroxyl groups excluding tert-OH is 3. The van der Waals surface area contributed by atoms with Gasteiger partial charge in [-0.05, 0) is 38.1 Å². The lowest BCUT2D eigenvalue weighted by Crippen LogP contribution is -2.70. The molecule has 4 rings (SSSR count). The summed E-state index contributed by atoms with van der Waals surface area (Å²) >= 11 is 3.28. The maximum atomic E-state index is 14.0.